The van der Waals surface area contributed by atoms with E-state index in [2.05, 4.69) is 27.3 Å². The number of aliphatic hydroxyl groups is 2. The minimum absolute atomic E-state index is 0.0662. The molecule has 4 rings (SSSR count). The molecule has 3 atom stereocenters. The molecular weight excluding hydrogens is 384 g/mol. The van der Waals surface area contributed by atoms with Crippen LogP contribution in [0.4, 0.5) is 0 Å². The van der Waals surface area contributed by atoms with Gasteiger partial charge in [0.1, 0.15) is 29.5 Å². The molecule has 1 aromatic carbocycles. The molecule has 0 radical (unpaired) electrons. The number of hydrogen-bond donors (Lipinski definition) is 3. The Kier molecular flexibility index (Phi) is 6.14. The van der Waals surface area contributed by atoms with Gasteiger partial charge < -0.3 is 29.4 Å². The first-order valence-electron chi connectivity index (χ1n) is 9.88. The van der Waals surface area contributed by atoms with Crippen molar-refractivity contribution in [3.05, 3.63) is 65.6 Å². The summed E-state index contributed by atoms with van der Waals surface area (Å²) in [7, 11) is 0. The summed E-state index contributed by atoms with van der Waals surface area (Å²) in [5.41, 5.74) is 1.54. The van der Waals surface area contributed by atoms with E-state index in [1.54, 1.807) is 25.4 Å². The van der Waals surface area contributed by atoms with Gasteiger partial charge in [0.25, 0.3) is 0 Å². The summed E-state index contributed by atoms with van der Waals surface area (Å²) in [5.74, 6) is 7.85. The maximum Gasteiger partial charge on any atom is 0.210 e. The maximum atomic E-state index is 9.74. The van der Waals surface area contributed by atoms with E-state index in [0.29, 0.717) is 23.8 Å². The molecule has 0 bridgehead atoms. The number of imidazole rings is 1. The van der Waals surface area contributed by atoms with Crippen LogP contribution in [0.1, 0.15) is 42.3 Å². The van der Waals surface area contributed by atoms with Gasteiger partial charge in [0, 0.05) is 43.0 Å². The third-order valence-electron chi connectivity index (χ3n) is 4.90. The first-order valence-corrected chi connectivity index (χ1v) is 9.88. The highest BCUT2D eigenvalue weighted by atomic mass is 16.5. The molecule has 1 fully saturated rings. The third kappa shape index (κ3) is 4.89. The summed E-state index contributed by atoms with van der Waals surface area (Å²) in [6.45, 7) is 2.98. The van der Waals surface area contributed by atoms with Gasteiger partial charge in [-0.15, -0.1) is 0 Å². The molecule has 0 unspecified atom stereocenters. The van der Waals surface area contributed by atoms with Gasteiger partial charge in [-0.3, -0.25) is 0 Å². The van der Waals surface area contributed by atoms with Gasteiger partial charge in [-0.25, -0.2) is 4.98 Å². The lowest BCUT2D eigenvalue weighted by Crippen LogP contribution is -2.25. The first kappa shape index (κ1) is 20.2. The molecule has 156 valence electrons. The van der Waals surface area contributed by atoms with E-state index >= 15 is 0 Å². The van der Waals surface area contributed by atoms with Crippen molar-refractivity contribution in [1.82, 2.24) is 20.0 Å². The molecule has 30 heavy (non-hydrogen) atoms. The highest BCUT2D eigenvalue weighted by Gasteiger charge is 2.24. The van der Waals surface area contributed by atoms with Crippen LogP contribution in [0.25, 0.3) is 0 Å². The van der Waals surface area contributed by atoms with Gasteiger partial charge in [-0.2, -0.15) is 0 Å². The van der Waals surface area contributed by atoms with Crippen molar-refractivity contribution in [3.63, 3.8) is 0 Å². The zero-order valence-electron chi connectivity index (χ0n) is 16.7. The molecule has 1 aliphatic heterocycles. The minimum atomic E-state index is -0.654. The van der Waals surface area contributed by atoms with Gasteiger partial charge in [0.2, 0.25) is 5.76 Å². The number of nitrogens with zero attached hydrogens (tertiary/aromatic N) is 3. The Morgan fingerprint density at radius 2 is 2.17 bits per heavy atom. The van der Waals surface area contributed by atoms with Crippen molar-refractivity contribution in [2.24, 2.45) is 0 Å². The monoisotopic (exact) mass is 408 g/mol. The summed E-state index contributed by atoms with van der Waals surface area (Å²) in [6.07, 6.45) is 3.64. The van der Waals surface area contributed by atoms with E-state index in [1.165, 1.54) is 0 Å². The Balaban J connectivity index is 1.35. The highest BCUT2D eigenvalue weighted by Crippen LogP contribution is 2.18. The third-order valence-corrected chi connectivity index (χ3v) is 4.90. The molecule has 1 saturated heterocycles. The number of nitrogens with one attached hydrogen (secondary N) is 1. The lowest BCUT2D eigenvalue weighted by Gasteiger charge is -2.12. The van der Waals surface area contributed by atoms with E-state index in [9.17, 15) is 10.2 Å². The molecule has 0 amide bonds. The predicted octanol–water partition coefficient (Wildman–Crippen LogP) is 1.47. The van der Waals surface area contributed by atoms with Crippen LogP contribution in [0.5, 0.6) is 5.75 Å². The van der Waals surface area contributed by atoms with E-state index < -0.39 is 6.10 Å². The number of aliphatic hydroxyl groups excluding tert-OH is 2. The molecule has 0 saturated carbocycles. The van der Waals surface area contributed by atoms with Crippen LogP contribution in [0, 0.1) is 11.8 Å². The molecule has 3 heterocycles. The second kappa shape index (κ2) is 9.13. The number of ether oxygens (including phenoxy) is 1. The summed E-state index contributed by atoms with van der Waals surface area (Å²) in [5, 5.41) is 26.2. The number of hydrogen-bond acceptors (Lipinski definition) is 7. The van der Waals surface area contributed by atoms with E-state index in [1.807, 2.05) is 28.8 Å². The second-order valence-electron chi connectivity index (χ2n) is 7.31. The molecule has 0 spiro atoms. The Morgan fingerprint density at radius 3 is 2.90 bits per heavy atom. The van der Waals surface area contributed by atoms with Crippen LogP contribution >= 0.6 is 0 Å². The summed E-state index contributed by atoms with van der Waals surface area (Å²) in [6, 6.07) is 9.45. The predicted molar refractivity (Wildman–Crippen MR) is 109 cm³/mol. The van der Waals surface area contributed by atoms with Gasteiger partial charge in [0.15, 0.2) is 0 Å². The lowest BCUT2D eigenvalue weighted by molar-refractivity contribution is 0.184. The van der Waals surface area contributed by atoms with Crippen LogP contribution < -0.4 is 10.1 Å². The Morgan fingerprint density at radius 1 is 1.33 bits per heavy atom. The van der Waals surface area contributed by atoms with E-state index in [0.717, 1.165) is 24.3 Å². The molecule has 2 aromatic heterocycles. The van der Waals surface area contributed by atoms with Crippen molar-refractivity contribution in [3.8, 4) is 17.6 Å². The van der Waals surface area contributed by atoms with E-state index in [4.69, 9.17) is 9.26 Å². The molecule has 3 aromatic rings. The van der Waals surface area contributed by atoms with Crippen LogP contribution in [0.3, 0.4) is 0 Å². The van der Waals surface area contributed by atoms with Gasteiger partial charge in [0.05, 0.1) is 13.2 Å². The molecule has 8 nitrogen and oxygen atoms in total. The topological polar surface area (TPSA) is 106 Å². The van der Waals surface area contributed by atoms with Crippen molar-refractivity contribution in [2.45, 2.75) is 38.1 Å². The van der Waals surface area contributed by atoms with Gasteiger partial charge in [-0.05, 0) is 37.1 Å². The Bertz CT molecular complexity index is 1030. The van der Waals surface area contributed by atoms with Crippen LogP contribution in [0.2, 0.25) is 0 Å². The summed E-state index contributed by atoms with van der Waals surface area (Å²) in [4.78, 5) is 4.14. The van der Waals surface area contributed by atoms with Crippen LogP contribution in [-0.4, -0.2) is 50.2 Å². The van der Waals surface area contributed by atoms with Crippen molar-refractivity contribution < 1.29 is 19.5 Å². The van der Waals surface area contributed by atoms with Gasteiger partial charge >= 0.3 is 0 Å². The maximum absolute atomic E-state index is 9.74. The second-order valence-corrected chi connectivity index (χ2v) is 7.31. The average molecular weight is 408 g/mol. The van der Waals surface area contributed by atoms with Crippen molar-refractivity contribution in [1.29, 1.82) is 0 Å². The molecule has 8 heteroatoms. The standard InChI is InChI=1S/C22H24N4O4/c1-15(28)22-23-8-9-26(22)13-17-10-20(30-25-17)7-4-16-2-5-19(6-3-16)29-21-11-18(14-27)24-12-21/h2-3,5-6,8-10,15,18,21,24,27-28H,11-14H2,1H3/t15-,18-,21-/m0/s1. The summed E-state index contributed by atoms with van der Waals surface area (Å²) >= 11 is 0. The van der Waals surface area contributed by atoms with Crippen LogP contribution in [0.15, 0.2) is 47.2 Å². The Hall–Kier alpha value is -3.12. The van der Waals surface area contributed by atoms with Crippen LogP contribution in [-0.2, 0) is 6.54 Å². The zero-order chi connectivity index (χ0) is 20.9. The number of aromatic nitrogens is 3. The smallest absolute Gasteiger partial charge is 0.210 e. The highest BCUT2D eigenvalue weighted by molar-refractivity contribution is 5.41. The number of rotatable bonds is 6. The fraction of sp³-hybridized carbons (Fsp3) is 0.364. The van der Waals surface area contributed by atoms with E-state index in [-0.39, 0.29) is 18.8 Å². The minimum Gasteiger partial charge on any atom is -0.489 e. The van der Waals surface area contributed by atoms with Crippen molar-refractivity contribution in [2.75, 3.05) is 13.2 Å². The van der Waals surface area contributed by atoms with Gasteiger partial charge in [-0.1, -0.05) is 11.1 Å². The quantitative estimate of drug-likeness (QED) is 0.531. The molecule has 0 aliphatic carbocycles. The molecule has 1 aliphatic rings. The Labute approximate surface area is 174 Å². The first-order chi connectivity index (χ1) is 14.6. The molecular formula is C22H24N4O4. The zero-order valence-corrected chi connectivity index (χ0v) is 16.7. The fourth-order valence-corrected chi connectivity index (χ4v) is 3.40. The average Bonchev–Trinajstić information content (AvgIpc) is 3.49. The fourth-order valence-electron chi connectivity index (χ4n) is 3.40. The normalized spacial score (nSPS) is 19.3. The SMILES string of the molecule is C[C@H](O)c1nccn1Cc1cc(C#Cc2ccc(O[C@@H]3CN[C@H](CO)C3)cc2)on1. The largest absolute Gasteiger partial charge is 0.489 e. The van der Waals surface area contributed by atoms with Crippen molar-refractivity contribution >= 4 is 0 Å². The summed E-state index contributed by atoms with van der Waals surface area (Å²) < 4.78 is 13.0. The number of benzene rings is 1. The lowest BCUT2D eigenvalue weighted by atomic mass is 10.2. The molecule has 3 N–H and O–H groups in total.